The second kappa shape index (κ2) is 11.2. The van der Waals surface area contributed by atoms with Crippen molar-refractivity contribution < 1.29 is 19.7 Å². The van der Waals surface area contributed by atoms with Crippen molar-refractivity contribution in [2.45, 2.75) is 13.0 Å². The zero-order valence-corrected chi connectivity index (χ0v) is 6.21. The summed E-state index contributed by atoms with van der Waals surface area (Å²) in [6.07, 6.45) is -1.23. The summed E-state index contributed by atoms with van der Waals surface area (Å²) in [5.41, 5.74) is 1.22. The molecular formula is C5H10ClFO3. The van der Waals surface area contributed by atoms with Crippen LogP contribution in [0.4, 0.5) is 4.70 Å². The average Bonchev–Trinajstić information content (AvgIpc) is 1.68. The van der Waals surface area contributed by atoms with Crippen LogP contribution in [0.1, 0.15) is 6.92 Å². The largest absolute Gasteiger partial charge is 0.479 e. The van der Waals surface area contributed by atoms with Crippen LogP contribution in [-0.4, -0.2) is 22.3 Å². The third kappa shape index (κ3) is 26.3. The number of aliphatic hydroxyl groups is 1. The first-order valence-electron chi connectivity index (χ1n) is 2.18. The Hall–Kier alpha value is -0.610. The van der Waals surface area contributed by atoms with Gasteiger partial charge in [0.25, 0.3) is 0 Å². The molecule has 0 saturated heterocycles. The highest BCUT2D eigenvalue weighted by Crippen LogP contribution is 1.73. The minimum Gasteiger partial charge on any atom is -0.479 e. The Labute approximate surface area is 63.3 Å². The Bertz CT molecular complexity index is 94.9. The molecule has 0 spiro atoms. The van der Waals surface area contributed by atoms with Gasteiger partial charge in [-0.2, -0.15) is 0 Å². The van der Waals surface area contributed by atoms with Crippen LogP contribution < -0.4 is 0 Å². The summed E-state index contributed by atoms with van der Waals surface area (Å²) in [6, 6.07) is 0. The van der Waals surface area contributed by atoms with E-state index in [1.807, 2.05) is 0 Å². The van der Waals surface area contributed by atoms with E-state index in [4.69, 9.17) is 21.8 Å². The van der Waals surface area contributed by atoms with E-state index in [0.717, 1.165) is 0 Å². The Morgan fingerprint density at radius 3 is 1.90 bits per heavy atom. The fourth-order valence-electron chi connectivity index (χ4n) is 0. The number of hydrogen-bond donors (Lipinski definition) is 2. The van der Waals surface area contributed by atoms with Gasteiger partial charge < -0.3 is 10.2 Å². The fraction of sp³-hybridized carbons (Fsp3) is 0.400. The summed E-state index contributed by atoms with van der Waals surface area (Å²) >= 11 is 4.76. The monoisotopic (exact) mass is 172 g/mol. The van der Waals surface area contributed by atoms with Gasteiger partial charge in [-0.15, -0.1) is 0 Å². The topological polar surface area (TPSA) is 57.5 Å². The number of carboxylic acid groups (broad SMARTS) is 1. The molecule has 3 nitrogen and oxygen atoms in total. The molecule has 5 heteroatoms. The highest BCUT2D eigenvalue weighted by atomic mass is 35.5. The Morgan fingerprint density at radius 1 is 1.80 bits per heavy atom. The molecule has 0 aliphatic carbocycles. The Morgan fingerprint density at radius 2 is 1.90 bits per heavy atom. The first kappa shape index (κ1) is 16.2. The van der Waals surface area contributed by atoms with Crippen LogP contribution in [0.25, 0.3) is 0 Å². The predicted octanol–water partition coefficient (Wildman–Crippen LogP) is 0.973. The van der Waals surface area contributed by atoms with Gasteiger partial charge in [0.05, 0.1) is 0 Å². The summed E-state index contributed by atoms with van der Waals surface area (Å²) in [6.45, 7) is 4.32. The summed E-state index contributed by atoms with van der Waals surface area (Å²) in [5.74, 6) is -1.19. The van der Waals surface area contributed by atoms with Gasteiger partial charge in [-0.25, -0.2) is 4.79 Å². The molecule has 1 atom stereocenters. The quantitative estimate of drug-likeness (QED) is 0.620. The molecule has 62 valence electrons. The van der Waals surface area contributed by atoms with E-state index in [0.29, 0.717) is 0 Å². The lowest BCUT2D eigenvalue weighted by atomic mass is 10.4. The first-order valence-corrected chi connectivity index (χ1v) is 2.61. The van der Waals surface area contributed by atoms with Gasteiger partial charge in [0, 0.05) is 0 Å². The molecule has 0 heterocycles. The minimum atomic E-state index is -1.23. The number of hydrogen-bond acceptors (Lipinski definition) is 2. The normalized spacial score (nSPS) is 9.50. The Kier molecular flexibility index (Phi) is 18.2. The van der Waals surface area contributed by atoms with Gasteiger partial charge in [-0.1, -0.05) is 18.2 Å². The summed E-state index contributed by atoms with van der Waals surface area (Å²) in [4.78, 5) is 9.45. The summed E-state index contributed by atoms with van der Waals surface area (Å²) in [7, 11) is 0. The molecule has 0 aliphatic rings. The molecular weight excluding hydrogens is 163 g/mol. The number of rotatable bonds is 1. The fourth-order valence-corrected chi connectivity index (χ4v) is 0. The van der Waals surface area contributed by atoms with Crippen LogP contribution in [0, 0.1) is 0 Å². The first-order chi connectivity index (χ1) is 4.06. The van der Waals surface area contributed by atoms with Crippen LogP contribution in [0.5, 0.6) is 0 Å². The smallest absolute Gasteiger partial charge is 0.332 e. The standard InChI is InChI=1S/C3H6O3.C2H3Cl.FH/c1-2(4)3(5)6;1-2-3;/h2,4H,1H3,(H,5,6);2H,1H2;1H. The second-order valence-electron chi connectivity index (χ2n) is 1.17. The van der Waals surface area contributed by atoms with Crippen molar-refractivity contribution in [1.29, 1.82) is 0 Å². The van der Waals surface area contributed by atoms with Gasteiger partial charge in [0.15, 0.2) is 0 Å². The van der Waals surface area contributed by atoms with Crippen molar-refractivity contribution in [1.82, 2.24) is 0 Å². The van der Waals surface area contributed by atoms with E-state index in [-0.39, 0.29) is 4.70 Å². The van der Waals surface area contributed by atoms with E-state index in [9.17, 15) is 4.79 Å². The van der Waals surface area contributed by atoms with Crippen molar-refractivity contribution >= 4 is 17.6 Å². The maximum atomic E-state index is 9.45. The molecule has 0 saturated carbocycles. The van der Waals surface area contributed by atoms with Gasteiger partial charge in [0.2, 0.25) is 0 Å². The van der Waals surface area contributed by atoms with E-state index in [1.54, 1.807) is 0 Å². The van der Waals surface area contributed by atoms with Crippen LogP contribution >= 0.6 is 11.6 Å². The molecule has 0 radical (unpaired) electrons. The SMILES string of the molecule is C=CCl.CC(O)C(=O)O.F. The lowest BCUT2D eigenvalue weighted by Gasteiger charge is -1.89. The van der Waals surface area contributed by atoms with Gasteiger partial charge >= 0.3 is 5.97 Å². The molecule has 2 N–H and O–H groups in total. The zero-order chi connectivity index (χ0) is 7.86. The zero-order valence-electron chi connectivity index (χ0n) is 5.45. The van der Waals surface area contributed by atoms with Crippen LogP contribution in [0.15, 0.2) is 12.1 Å². The van der Waals surface area contributed by atoms with Crippen molar-refractivity contribution in [2.24, 2.45) is 0 Å². The maximum absolute atomic E-state index is 9.45. The van der Waals surface area contributed by atoms with Gasteiger partial charge in [0.1, 0.15) is 6.10 Å². The van der Waals surface area contributed by atoms with Gasteiger partial charge in [-0.05, 0) is 12.5 Å². The minimum absolute atomic E-state index is 0. The molecule has 0 aromatic carbocycles. The number of carboxylic acids is 1. The van der Waals surface area contributed by atoms with Crippen molar-refractivity contribution in [3.63, 3.8) is 0 Å². The van der Waals surface area contributed by atoms with Crippen molar-refractivity contribution in [3.8, 4) is 0 Å². The van der Waals surface area contributed by atoms with E-state index in [1.165, 1.54) is 12.5 Å². The van der Waals surface area contributed by atoms with Crippen LogP contribution in [-0.2, 0) is 4.79 Å². The lowest BCUT2D eigenvalue weighted by molar-refractivity contribution is -0.145. The predicted molar refractivity (Wildman–Crippen MR) is 37.9 cm³/mol. The lowest BCUT2D eigenvalue weighted by Crippen LogP contribution is -2.13. The Balaban J connectivity index is -0.000000107. The summed E-state index contributed by atoms with van der Waals surface area (Å²) < 4.78 is 0. The molecule has 0 bridgehead atoms. The third-order valence-electron chi connectivity index (χ3n) is 0.357. The number of carbonyl (C=O) groups is 1. The number of halogens is 2. The van der Waals surface area contributed by atoms with E-state index >= 15 is 0 Å². The summed E-state index contributed by atoms with van der Waals surface area (Å²) in [5, 5.41) is 15.8. The second-order valence-corrected chi connectivity index (χ2v) is 1.48. The van der Waals surface area contributed by atoms with Gasteiger partial charge in [-0.3, -0.25) is 4.70 Å². The van der Waals surface area contributed by atoms with Crippen molar-refractivity contribution in [3.05, 3.63) is 12.1 Å². The molecule has 0 aliphatic heterocycles. The highest BCUT2D eigenvalue weighted by Gasteiger charge is 2.01. The van der Waals surface area contributed by atoms with E-state index in [2.05, 4.69) is 6.58 Å². The number of aliphatic carboxylic acids is 1. The van der Waals surface area contributed by atoms with Crippen LogP contribution in [0.2, 0.25) is 0 Å². The molecule has 0 rings (SSSR count). The van der Waals surface area contributed by atoms with Crippen molar-refractivity contribution in [2.75, 3.05) is 0 Å². The molecule has 10 heavy (non-hydrogen) atoms. The third-order valence-corrected chi connectivity index (χ3v) is 0.357. The molecule has 0 amide bonds. The molecule has 0 fully saturated rings. The average molecular weight is 173 g/mol. The molecule has 0 aromatic rings. The molecule has 1 unspecified atom stereocenters. The van der Waals surface area contributed by atoms with Crippen LogP contribution in [0.3, 0.4) is 0 Å². The highest BCUT2D eigenvalue weighted by molar-refractivity contribution is 6.25. The molecule has 0 aromatic heterocycles. The van der Waals surface area contributed by atoms with E-state index < -0.39 is 12.1 Å². The number of aliphatic hydroxyl groups excluding tert-OH is 1. The maximum Gasteiger partial charge on any atom is 0.332 e.